The monoisotopic (exact) mass is 742 g/mol. The van der Waals surface area contributed by atoms with E-state index < -0.39 is 0 Å². The standard InChI is InChI=1S/C41H26N2S2.C4H8O.2C2H6/c1-2-8-30(9-3-1)43(31-17-13-27(14-18-31)37-11-6-7-23-42-37)32-19-22-40-36(26-32)35-24-28(16-21-39(35)44-40)29-15-20-34-33-10-4-5-12-38(33)45-41(34)25-29;1-3-4(2)5;2*1-2/h1-26H;3-5H,1H2,2H3;2*1-2H3. The third-order valence-electron chi connectivity index (χ3n) is 8.86. The van der Waals surface area contributed by atoms with Gasteiger partial charge in [-0.05, 0) is 96.9 Å². The zero-order valence-corrected chi connectivity index (χ0v) is 33.2. The van der Waals surface area contributed by atoms with Gasteiger partial charge < -0.3 is 10.0 Å². The van der Waals surface area contributed by atoms with Crippen LogP contribution in [0.15, 0.2) is 171 Å². The van der Waals surface area contributed by atoms with Gasteiger partial charge in [-0.25, -0.2) is 0 Å². The molecule has 3 nitrogen and oxygen atoms in total. The lowest BCUT2D eigenvalue weighted by Gasteiger charge is -2.25. The summed E-state index contributed by atoms with van der Waals surface area (Å²) in [5.41, 5.74) is 7.95. The van der Waals surface area contributed by atoms with Gasteiger partial charge in [-0.15, -0.1) is 29.3 Å². The number of pyridine rings is 1. The number of hydrogen-bond donors (Lipinski definition) is 1. The first-order valence-electron chi connectivity index (χ1n) is 18.6. The average Bonchev–Trinajstić information content (AvgIpc) is 3.81. The summed E-state index contributed by atoms with van der Waals surface area (Å²) in [4.78, 5) is 6.88. The van der Waals surface area contributed by atoms with E-state index in [1.807, 2.05) is 68.7 Å². The van der Waals surface area contributed by atoms with Gasteiger partial charge in [-0.3, -0.25) is 4.98 Å². The van der Waals surface area contributed by atoms with Gasteiger partial charge in [0, 0.05) is 69.2 Å². The quantitative estimate of drug-likeness (QED) is 0.172. The van der Waals surface area contributed by atoms with E-state index >= 15 is 0 Å². The molecule has 0 fully saturated rings. The third-order valence-corrected chi connectivity index (χ3v) is 11.2. The van der Waals surface area contributed by atoms with Gasteiger partial charge >= 0.3 is 0 Å². The Kier molecular flexibility index (Phi) is 12.7. The molecule has 0 aliphatic rings. The van der Waals surface area contributed by atoms with Gasteiger partial charge in [0.25, 0.3) is 0 Å². The van der Waals surface area contributed by atoms with E-state index in [0.717, 1.165) is 28.3 Å². The summed E-state index contributed by atoms with van der Waals surface area (Å²) >= 11 is 3.73. The normalized spacial score (nSPS) is 11.1. The fourth-order valence-corrected chi connectivity index (χ4v) is 8.54. The predicted molar refractivity (Wildman–Crippen MR) is 240 cm³/mol. The molecule has 0 saturated carbocycles. The number of nitrogens with zero attached hydrogens (tertiary/aromatic N) is 2. The SMILES string of the molecule is C=CC(C)O.CC.CC.c1ccc(N(c2ccc(-c3ccccn3)cc2)c2ccc3sc4ccc(-c5ccc6c(c5)sc5ccccc56)cc4c3c2)cc1. The molecule has 0 bridgehead atoms. The summed E-state index contributed by atoms with van der Waals surface area (Å²) in [5, 5.41) is 13.5. The number of aliphatic hydroxyl groups is 1. The van der Waals surface area contributed by atoms with Gasteiger partial charge in [0.15, 0.2) is 0 Å². The van der Waals surface area contributed by atoms with Crippen molar-refractivity contribution in [3.05, 3.63) is 171 Å². The van der Waals surface area contributed by atoms with Crippen molar-refractivity contribution in [3.63, 3.8) is 0 Å². The number of benzene rings is 6. The maximum Gasteiger partial charge on any atom is 0.0701 e. The molecule has 5 heteroatoms. The minimum atomic E-state index is -0.352. The minimum Gasteiger partial charge on any atom is -0.389 e. The van der Waals surface area contributed by atoms with Crippen LogP contribution in [-0.2, 0) is 0 Å². The highest BCUT2D eigenvalue weighted by atomic mass is 32.1. The second-order valence-electron chi connectivity index (χ2n) is 12.2. The van der Waals surface area contributed by atoms with Crippen LogP contribution in [0.25, 0.3) is 62.7 Å². The molecule has 0 aliphatic carbocycles. The van der Waals surface area contributed by atoms with Crippen LogP contribution in [0.3, 0.4) is 0 Å². The van der Waals surface area contributed by atoms with Crippen molar-refractivity contribution in [2.75, 3.05) is 4.90 Å². The van der Waals surface area contributed by atoms with E-state index in [2.05, 4.69) is 156 Å². The van der Waals surface area contributed by atoms with E-state index in [0.29, 0.717) is 0 Å². The molecule has 0 aliphatic heterocycles. The molecule has 6 aromatic carbocycles. The maximum atomic E-state index is 8.24. The molecule has 0 spiro atoms. The van der Waals surface area contributed by atoms with E-state index in [1.54, 1.807) is 6.92 Å². The molecule has 0 radical (unpaired) electrons. The van der Waals surface area contributed by atoms with Crippen LogP contribution in [0.5, 0.6) is 0 Å². The molecule has 3 aromatic heterocycles. The Morgan fingerprint density at radius 3 is 1.74 bits per heavy atom. The Labute approximate surface area is 327 Å². The largest absolute Gasteiger partial charge is 0.389 e. The fourth-order valence-electron chi connectivity index (χ4n) is 6.33. The van der Waals surface area contributed by atoms with E-state index in [1.165, 1.54) is 57.5 Å². The molecular formula is C49H46N2OS2. The molecule has 9 rings (SSSR count). The summed E-state index contributed by atoms with van der Waals surface area (Å²) in [6.45, 7) is 13.0. The van der Waals surface area contributed by atoms with Crippen molar-refractivity contribution in [2.45, 2.75) is 40.7 Å². The molecule has 1 atom stereocenters. The lowest BCUT2D eigenvalue weighted by Crippen LogP contribution is -2.09. The number of fused-ring (bicyclic) bond motifs is 6. The molecular weight excluding hydrogens is 697 g/mol. The summed E-state index contributed by atoms with van der Waals surface area (Å²) < 4.78 is 5.27. The molecule has 270 valence electrons. The number of anilines is 3. The molecule has 1 N–H and O–H groups in total. The second-order valence-corrected chi connectivity index (χ2v) is 14.4. The third kappa shape index (κ3) is 8.14. The van der Waals surface area contributed by atoms with Crippen LogP contribution in [-0.4, -0.2) is 16.2 Å². The first-order chi connectivity index (χ1) is 26.6. The lowest BCUT2D eigenvalue weighted by atomic mass is 10.0. The Morgan fingerprint density at radius 1 is 0.519 bits per heavy atom. The molecule has 0 amide bonds. The Hall–Kier alpha value is -5.59. The van der Waals surface area contributed by atoms with E-state index in [4.69, 9.17) is 5.11 Å². The molecule has 3 heterocycles. The van der Waals surface area contributed by atoms with E-state index in [-0.39, 0.29) is 6.10 Å². The molecule has 1 unspecified atom stereocenters. The van der Waals surface area contributed by atoms with Gasteiger partial charge in [0.1, 0.15) is 0 Å². The van der Waals surface area contributed by atoms with Crippen molar-refractivity contribution in [3.8, 4) is 22.4 Å². The minimum absolute atomic E-state index is 0.352. The fraction of sp³-hybridized carbons (Fsp3) is 0.122. The first-order valence-corrected chi connectivity index (χ1v) is 20.2. The first kappa shape index (κ1) is 38.1. The van der Waals surface area contributed by atoms with E-state index in [9.17, 15) is 0 Å². The van der Waals surface area contributed by atoms with Crippen molar-refractivity contribution < 1.29 is 5.11 Å². The summed E-state index contributed by atoms with van der Waals surface area (Å²) in [6, 6.07) is 54.7. The molecule has 54 heavy (non-hydrogen) atoms. The smallest absolute Gasteiger partial charge is 0.0701 e. The Balaban J connectivity index is 0.000000506. The number of thiophene rings is 2. The van der Waals surface area contributed by atoms with Gasteiger partial charge in [0.05, 0.1) is 11.8 Å². The van der Waals surface area contributed by atoms with Crippen molar-refractivity contribution in [1.29, 1.82) is 0 Å². The number of hydrogen-bond acceptors (Lipinski definition) is 5. The lowest BCUT2D eigenvalue weighted by molar-refractivity contribution is 0.244. The predicted octanol–water partition coefficient (Wildman–Crippen LogP) is 15.2. The van der Waals surface area contributed by atoms with Crippen molar-refractivity contribution in [2.24, 2.45) is 0 Å². The highest BCUT2D eigenvalue weighted by Crippen LogP contribution is 2.43. The molecule has 0 saturated heterocycles. The molecule has 9 aromatic rings. The van der Waals surface area contributed by atoms with Gasteiger partial charge in [0.2, 0.25) is 0 Å². The van der Waals surface area contributed by atoms with Crippen molar-refractivity contribution >= 4 is 80.1 Å². The number of rotatable bonds is 6. The number of aromatic nitrogens is 1. The van der Waals surface area contributed by atoms with Crippen LogP contribution in [0.2, 0.25) is 0 Å². The van der Waals surface area contributed by atoms with Gasteiger partial charge in [-0.1, -0.05) is 107 Å². The van der Waals surface area contributed by atoms with Crippen LogP contribution >= 0.6 is 22.7 Å². The van der Waals surface area contributed by atoms with Gasteiger partial charge in [-0.2, -0.15) is 0 Å². The van der Waals surface area contributed by atoms with Crippen LogP contribution in [0.4, 0.5) is 17.1 Å². The summed E-state index contributed by atoms with van der Waals surface area (Å²) in [6.07, 6.45) is 2.96. The second kappa shape index (κ2) is 18.0. The zero-order valence-electron chi connectivity index (χ0n) is 31.5. The topological polar surface area (TPSA) is 36.4 Å². The maximum absolute atomic E-state index is 8.24. The van der Waals surface area contributed by atoms with Crippen LogP contribution in [0.1, 0.15) is 34.6 Å². The summed E-state index contributed by atoms with van der Waals surface area (Å²) in [7, 11) is 0. The number of para-hydroxylation sites is 1. The number of aliphatic hydroxyl groups excluding tert-OH is 1. The zero-order chi connectivity index (χ0) is 38.0. The Bertz CT molecular complexity index is 2590. The highest BCUT2D eigenvalue weighted by Gasteiger charge is 2.16. The van der Waals surface area contributed by atoms with Crippen molar-refractivity contribution in [1.82, 2.24) is 4.98 Å². The average molecular weight is 743 g/mol. The highest BCUT2D eigenvalue weighted by molar-refractivity contribution is 7.26. The van der Waals surface area contributed by atoms with Crippen LogP contribution in [0, 0.1) is 0 Å². The Morgan fingerprint density at radius 2 is 1.04 bits per heavy atom. The van der Waals surface area contributed by atoms with Crippen LogP contribution < -0.4 is 4.90 Å². The summed E-state index contributed by atoms with van der Waals surface area (Å²) in [5.74, 6) is 0.